The summed E-state index contributed by atoms with van der Waals surface area (Å²) in [6.07, 6.45) is 0.404. The predicted molar refractivity (Wildman–Crippen MR) is 131 cm³/mol. The van der Waals surface area contributed by atoms with Gasteiger partial charge in [0, 0.05) is 10.6 Å². The highest BCUT2D eigenvalue weighted by atomic mass is 31.2. The van der Waals surface area contributed by atoms with E-state index in [1.165, 1.54) is 0 Å². The highest BCUT2D eigenvalue weighted by molar-refractivity contribution is 7.56. The summed E-state index contributed by atoms with van der Waals surface area (Å²) in [5, 5.41) is 2.06. The van der Waals surface area contributed by atoms with Gasteiger partial charge in [-0.2, -0.15) is 0 Å². The van der Waals surface area contributed by atoms with Crippen molar-refractivity contribution in [1.82, 2.24) is 0 Å². The zero-order valence-electron chi connectivity index (χ0n) is 19.9. The van der Waals surface area contributed by atoms with Gasteiger partial charge < -0.3 is 22.8 Å². The topological polar surface area (TPSA) is 46.2 Å². The van der Waals surface area contributed by atoms with Crippen LogP contribution in [0, 0.1) is 0 Å². The maximum Gasteiger partial charge on any atom is 0.205 e. The van der Waals surface area contributed by atoms with Crippen LogP contribution in [0.15, 0.2) is 48.5 Å². The van der Waals surface area contributed by atoms with Crippen LogP contribution in [0.25, 0.3) is 0 Å². The molecule has 7 heteroatoms. The highest BCUT2D eigenvalue weighted by Crippen LogP contribution is 2.41. The molecule has 0 atom stereocenters. The zero-order chi connectivity index (χ0) is 23.0. The van der Waals surface area contributed by atoms with Crippen LogP contribution in [-0.2, 0) is 18.1 Å². The van der Waals surface area contributed by atoms with Crippen LogP contribution >= 0.6 is 16.8 Å². The molecule has 0 N–H and O–H groups in total. The molecule has 0 unspecified atom stereocenters. The van der Waals surface area contributed by atoms with E-state index >= 15 is 0 Å². The van der Waals surface area contributed by atoms with E-state index < -0.39 is 16.8 Å². The molecule has 0 saturated carbocycles. The van der Waals surface area contributed by atoms with E-state index in [0.29, 0.717) is 0 Å². The van der Waals surface area contributed by atoms with Crippen LogP contribution in [0.3, 0.4) is 0 Å². The van der Waals surface area contributed by atoms with Crippen molar-refractivity contribution >= 4 is 27.4 Å². The van der Waals surface area contributed by atoms with E-state index in [0.717, 1.165) is 22.1 Å². The molecule has 0 aromatic heterocycles. The maximum absolute atomic E-state index is 6.02. The van der Waals surface area contributed by atoms with Crippen molar-refractivity contribution in [3.63, 3.8) is 0 Å². The van der Waals surface area contributed by atoms with Gasteiger partial charge in [0.2, 0.25) is 16.8 Å². The summed E-state index contributed by atoms with van der Waals surface area (Å²) < 4.78 is 29.9. The molecule has 2 aromatic rings. The Morgan fingerprint density at radius 3 is 0.935 bits per heavy atom. The number of ether oxygens (including phenoxy) is 1. The van der Waals surface area contributed by atoms with E-state index in [9.17, 15) is 0 Å². The van der Waals surface area contributed by atoms with Crippen molar-refractivity contribution < 1.29 is 22.8 Å². The second-order valence-corrected chi connectivity index (χ2v) is 11.1. The molecule has 0 aliphatic heterocycles. The SMILES string of the molecule is CC(C)OP(OC(C)C)c1ccc(Oc2ccc(P(OC(C)C)OC(C)C)cc2)cc1. The zero-order valence-corrected chi connectivity index (χ0v) is 21.7. The molecule has 2 rings (SSSR count). The average molecular weight is 466 g/mol. The lowest BCUT2D eigenvalue weighted by Crippen LogP contribution is -2.13. The van der Waals surface area contributed by atoms with Gasteiger partial charge in [-0.3, -0.25) is 0 Å². The van der Waals surface area contributed by atoms with Crippen LogP contribution in [-0.4, -0.2) is 24.4 Å². The van der Waals surface area contributed by atoms with Gasteiger partial charge >= 0.3 is 0 Å². The minimum atomic E-state index is -1.11. The Balaban J connectivity index is 2.07. The van der Waals surface area contributed by atoms with E-state index in [1.54, 1.807) is 0 Å². The molecule has 0 fully saturated rings. The molecule has 172 valence electrons. The van der Waals surface area contributed by atoms with Crippen LogP contribution in [0.4, 0.5) is 0 Å². The Hall–Kier alpha value is -1.06. The lowest BCUT2D eigenvalue weighted by Gasteiger charge is -2.22. The predicted octanol–water partition coefficient (Wildman–Crippen LogP) is 7.05. The summed E-state index contributed by atoms with van der Waals surface area (Å²) in [5.74, 6) is 1.53. The second kappa shape index (κ2) is 12.8. The quantitative estimate of drug-likeness (QED) is 0.314. The van der Waals surface area contributed by atoms with Gasteiger partial charge in [-0.05, 0) is 104 Å². The van der Waals surface area contributed by atoms with Gasteiger partial charge in [0.1, 0.15) is 11.5 Å². The first-order valence-electron chi connectivity index (χ1n) is 10.8. The van der Waals surface area contributed by atoms with E-state index in [1.807, 2.05) is 104 Å². The minimum absolute atomic E-state index is 0.101. The molecule has 0 radical (unpaired) electrons. The van der Waals surface area contributed by atoms with Crippen molar-refractivity contribution in [1.29, 1.82) is 0 Å². The fourth-order valence-corrected chi connectivity index (χ4v) is 5.37. The lowest BCUT2D eigenvalue weighted by atomic mass is 10.3. The fourth-order valence-electron chi connectivity index (χ4n) is 2.47. The smallest absolute Gasteiger partial charge is 0.205 e. The van der Waals surface area contributed by atoms with Gasteiger partial charge in [-0.15, -0.1) is 0 Å². The fraction of sp³-hybridized carbons (Fsp3) is 0.500. The monoisotopic (exact) mass is 466 g/mol. The van der Waals surface area contributed by atoms with Crippen molar-refractivity contribution in [3.05, 3.63) is 48.5 Å². The summed E-state index contributed by atoms with van der Waals surface area (Å²) in [4.78, 5) is 0. The van der Waals surface area contributed by atoms with Crippen molar-refractivity contribution in [3.8, 4) is 11.5 Å². The Morgan fingerprint density at radius 2 is 0.710 bits per heavy atom. The molecular formula is C24H36O5P2. The standard InChI is InChI=1S/C24H36O5P2/c1-17(2)26-30(27-18(3)4)23-13-9-21(10-14-23)25-22-11-15-24(16-12-22)31(28-19(5)6)29-20(7)8/h9-20H,1-8H3. The van der Waals surface area contributed by atoms with E-state index in [4.69, 9.17) is 22.8 Å². The Morgan fingerprint density at radius 1 is 0.452 bits per heavy atom. The lowest BCUT2D eigenvalue weighted by molar-refractivity contribution is 0.183. The van der Waals surface area contributed by atoms with Crippen LogP contribution in [0.1, 0.15) is 55.4 Å². The molecule has 0 spiro atoms. The molecule has 0 saturated heterocycles. The average Bonchev–Trinajstić information content (AvgIpc) is 2.67. The molecule has 5 nitrogen and oxygen atoms in total. The highest BCUT2D eigenvalue weighted by Gasteiger charge is 2.19. The molecular weight excluding hydrogens is 430 g/mol. The summed E-state index contributed by atoms with van der Waals surface area (Å²) in [6.45, 7) is 16.1. The largest absolute Gasteiger partial charge is 0.457 e. The molecule has 0 heterocycles. The van der Waals surface area contributed by atoms with Crippen molar-refractivity contribution in [2.24, 2.45) is 0 Å². The van der Waals surface area contributed by atoms with Gasteiger partial charge in [0.05, 0.1) is 24.4 Å². The summed E-state index contributed by atoms with van der Waals surface area (Å²) >= 11 is 0. The summed E-state index contributed by atoms with van der Waals surface area (Å²) in [5.41, 5.74) is 0. The Labute approximate surface area is 190 Å². The first-order valence-corrected chi connectivity index (χ1v) is 13.1. The Bertz CT molecular complexity index is 675. The number of benzene rings is 2. The maximum atomic E-state index is 6.02. The first kappa shape index (κ1) is 26.2. The number of hydrogen-bond acceptors (Lipinski definition) is 5. The molecule has 0 bridgehead atoms. The molecule has 0 aliphatic carbocycles. The third kappa shape index (κ3) is 9.53. The van der Waals surface area contributed by atoms with Gasteiger partial charge in [-0.25, -0.2) is 0 Å². The molecule has 0 aliphatic rings. The van der Waals surface area contributed by atoms with E-state index in [-0.39, 0.29) is 24.4 Å². The van der Waals surface area contributed by atoms with Crippen LogP contribution < -0.4 is 15.3 Å². The van der Waals surface area contributed by atoms with Gasteiger partial charge in [0.15, 0.2) is 0 Å². The minimum Gasteiger partial charge on any atom is -0.457 e. The second-order valence-electron chi connectivity index (χ2n) is 8.22. The molecule has 31 heavy (non-hydrogen) atoms. The number of hydrogen-bond donors (Lipinski definition) is 0. The summed E-state index contributed by atoms with van der Waals surface area (Å²) in [6, 6.07) is 15.8. The van der Waals surface area contributed by atoms with Crippen LogP contribution in [0.2, 0.25) is 0 Å². The first-order chi connectivity index (χ1) is 14.6. The number of rotatable bonds is 12. The van der Waals surface area contributed by atoms with E-state index in [2.05, 4.69) is 0 Å². The summed E-state index contributed by atoms with van der Waals surface area (Å²) in [7, 11) is -2.23. The third-order valence-electron chi connectivity index (χ3n) is 3.56. The van der Waals surface area contributed by atoms with Crippen molar-refractivity contribution in [2.75, 3.05) is 0 Å². The van der Waals surface area contributed by atoms with Gasteiger partial charge in [-0.1, -0.05) is 0 Å². The van der Waals surface area contributed by atoms with Crippen LogP contribution in [0.5, 0.6) is 11.5 Å². The molecule has 0 amide bonds. The van der Waals surface area contributed by atoms with Gasteiger partial charge in [0.25, 0.3) is 0 Å². The van der Waals surface area contributed by atoms with Crippen molar-refractivity contribution in [2.45, 2.75) is 79.8 Å². The molecule has 2 aromatic carbocycles. The normalized spacial score (nSPS) is 12.2. The third-order valence-corrected chi connectivity index (χ3v) is 7.45. The Kier molecular flexibility index (Phi) is 10.9.